The maximum Gasteiger partial charge on any atom is 0.338 e. The van der Waals surface area contributed by atoms with Crippen LogP contribution in [0.3, 0.4) is 0 Å². The highest BCUT2D eigenvalue weighted by Gasteiger charge is 2.82. The number of carbonyl (C=O) groups excluding carboxylic acids is 6. The van der Waals surface area contributed by atoms with Crippen LogP contribution in [0.25, 0.3) is 0 Å². The second kappa shape index (κ2) is 11.7. The van der Waals surface area contributed by atoms with Crippen LogP contribution in [0, 0.1) is 34.5 Å². The van der Waals surface area contributed by atoms with Gasteiger partial charge in [0.05, 0.1) is 16.9 Å². The molecule has 4 saturated carbocycles. The number of esters is 5. The van der Waals surface area contributed by atoms with Crippen LogP contribution in [0.1, 0.15) is 85.0 Å². The van der Waals surface area contributed by atoms with E-state index in [-0.39, 0.29) is 30.6 Å². The number of fused-ring (bicyclic) bond motifs is 5. The van der Waals surface area contributed by atoms with E-state index >= 15 is 0 Å². The van der Waals surface area contributed by atoms with E-state index in [1.54, 1.807) is 58.0 Å². The first-order valence-corrected chi connectivity index (χ1v) is 16.0. The van der Waals surface area contributed by atoms with E-state index in [9.17, 15) is 33.9 Å². The molecule has 0 radical (unpaired) electrons. The topological polar surface area (TPSA) is 169 Å². The van der Waals surface area contributed by atoms with Gasteiger partial charge in [0.15, 0.2) is 17.8 Å². The molecular formula is C35H44O12. The monoisotopic (exact) mass is 656 g/mol. The van der Waals surface area contributed by atoms with Crippen molar-refractivity contribution in [3.63, 3.8) is 0 Å². The smallest absolute Gasteiger partial charge is 0.338 e. The highest BCUT2D eigenvalue weighted by molar-refractivity contribution is 5.90. The van der Waals surface area contributed by atoms with Gasteiger partial charge in [-0.2, -0.15) is 0 Å². The Hall–Kier alpha value is -3.80. The molecule has 12 heteroatoms. The molecule has 0 heterocycles. The zero-order chi connectivity index (χ0) is 34.9. The zero-order valence-corrected chi connectivity index (χ0v) is 28.1. The van der Waals surface area contributed by atoms with Gasteiger partial charge >= 0.3 is 29.8 Å². The summed E-state index contributed by atoms with van der Waals surface area (Å²) in [5.41, 5.74) is -6.38. The number of ether oxygens (including phenoxy) is 5. The average molecular weight is 657 g/mol. The van der Waals surface area contributed by atoms with E-state index < -0.39 is 100.0 Å². The molecule has 4 fully saturated rings. The van der Waals surface area contributed by atoms with Crippen LogP contribution >= 0.6 is 0 Å². The van der Waals surface area contributed by atoms with Crippen LogP contribution in [0.5, 0.6) is 0 Å². The van der Waals surface area contributed by atoms with Crippen LogP contribution < -0.4 is 0 Å². The van der Waals surface area contributed by atoms with Crippen molar-refractivity contribution in [3.8, 4) is 0 Å². The summed E-state index contributed by atoms with van der Waals surface area (Å²) in [7, 11) is 0. The molecule has 4 aliphatic rings. The maximum absolute atomic E-state index is 14.1. The van der Waals surface area contributed by atoms with Crippen LogP contribution in [-0.4, -0.2) is 76.4 Å². The van der Waals surface area contributed by atoms with Gasteiger partial charge in [-0.1, -0.05) is 45.9 Å². The standard InChI is InChI=1S/C35H44O12/c1-17-14-34(42)25(26(17)46-29(41)22-12-10-9-11-13-22)28(43-18(2)36)35(47-21(5)39)15-23-24(16-32(6,7)27(23)40)33(8,30(34)44-19(3)37)31(35)45-20(4)38/h9-13,17,23-26,28,30-31,42H,14-16H2,1-8H3/t17-,23+,24-,25+,26-,28+,30+,31+,33-,34+,35-/m0/s1. The number of carbonyl (C=O) groups is 6. The summed E-state index contributed by atoms with van der Waals surface area (Å²) in [6, 6.07) is 8.18. The Kier molecular flexibility index (Phi) is 8.61. The minimum absolute atomic E-state index is 0.104. The van der Waals surface area contributed by atoms with Crippen molar-refractivity contribution in [3.05, 3.63) is 35.9 Å². The normalized spacial score (nSPS) is 39.8. The molecule has 0 aromatic heterocycles. The predicted octanol–water partition coefficient (Wildman–Crippen LogP) is 3.35. The van der Waals surface area contributed by atoms with Gasteiger partial charge in [0.2, 0.25) is 0 Å². The van der Waals surface area contributed by atoms with Crippen molar-refractivity contribution < 1.29 is 57.6 Å². The third kappa shape index (κ3) is 5.42. The minimum atomic E-state index is -2.09. The predicted molar refractivity (Wildman–Crippen MR) is 162 cm³/mol. The molecule has 0 saturated heterocycles. The molecule has 2 bridgehead atoms. The number of aliphatic hydroxyl groups is 1. The molecule has 1 aromatic rings. The molecule has 4 aliphatic carbocycles. The van der Waals surface area contributed by atoms with Crippen LogP contribution in [0.4, 0.5) is 0 Å². The highest BCUT2D eigenvalue weighted by atomic mass is 16.6. The first-order valence-electron chi connectivity index (χ1n) is 16.0. The molecule has 0 aliphatic heterocycles. The van der Waals surface area contributed by atoms with Gasteiger partial charge in [0, 0.05) is 45.4 Å². The van der Waals surface area contributed by atoms with Gasteiger partial charge in [-0.3, -0.25) is 24.0 Å². The summed E-state index contributed by atoms with van der Waals surface area (Å²) >= 11 is 0. The molecule has 1 aromatic carbocycles. The Bertz CT molecular complexity index is 1490. The van der Waals surface area contributed by atoms with Gasteiger partial charge < -0.3 is 28.8 Å². The number of hydrogen-bond acceptors (Lipinski definition) is 12. The molecule has 5 rings (SSSR count). The fourth-order valence-electron chi connectivity index (χ4n) is 9.62. The number of hydrogen-bond donors (Lipinski definition) is 1. The summed E-state index contributed by atoms with van der Waals surface area (Å²) < 4.78 is 30.5. The van der Waals surface area contributed by atoms with E-state index in [4.69, 9.17) is 23.7 Å². The number of Topliss-reactive ketones (excluding diaryl/α,β-unsaturated/α-hetero) is 1. The molecule has 47 heavy (non-hydrogen) atoms. The van der Waals surface area contributed by atoms with E-state index in [0.29, 0.717) is 0 Å². The van der Waals surface area contributed by atoms with E-state index in [1.165, 1.54) is 6.92 Å². The Labute approximate surface area is 273 Å². The van der Waals surface area contributed by atoms with Gasteiger partial charge in [0.1, 0.15) is 23.6 Å². The first-order chi connectivity index (χ1) is 21.8. The van der Waals surface area contributed by atoms with Gasteiger partial charge in [0.25, 0.3) is 0 Å². The van der Waals surface area contributed by atoms with Crippen molar-refractivity contribution >= 4 is 35.6 Å². The Morgan fingerprint density at radius 3 is 1.89 bits per heavy atom. The van der Waals surface area contributed by atoms with Crippen molar-refractivity contribution in [1.82, 2.24) is 0 Å². The molecule has 0 unspecified atom stereocenters. The third-order valence-corrected chi connectivity index (χ3v) is 11.0. The third-order valence-electron chi connectivity index (χ3n) is 11.0. The summed E-state index contributed by atoms with van der Waals surface area (Å²) in [6.07, 6.45) is -5.80. The van der Waals surface area contributed by atoms with Gasteiger partial charge in [-0.15, -0.1) is 0 Å². The molecule has 0 amide bonds. The lowest BCUT2D eigenvalue weighted by atomic mass is 9.53. The average Bonchev–Trinajstić information content (AvgIpc) is 3.34. The molecule has 12 nitrogen and oxygen atoms in total. The molecular weight excluding hydrogens is 612 g/mol. The minimum Gasteiger partial charge on any atom is -0.459 e. The van der Waals surface area contributed by atoms with E-state index in [2.05, 4.69) is 0 Å². The van der Waals surface area contributed by atoms with Crippen LogP contribution in [0.15, 0.2) is 30.3 Å². The Morgan fingerprint density at radius 2 is 1.34 bits per heavy atom. The fourth-order valence-corrected chi connectivity index (χ4v) is 9.62. The summed E-state index contributed by atoms with van der Waals surface area (Å²) in [5, 5.41) is 13.1. The lowest BCUT2D eigenvalue weighted by Crippen LogP contribution is -2.70. The van der Waals surface area contributed by atoms with Crippen molar-refractivity contribution in [2.45, 2.75) is 110 Å². The molecule has 11 atom stereocenters. The lowest BCUT2D eigenvalue weighted by Gasteiger charge is -2.58. The molecule has 256 valence electrons. The van der Waals surface area contributed by atoms with Crippen LogP contribution in [-0.2, 0) is 47.7 Å². The van der Waals surface area contributed by atoms with E-state index in [1.807, 2.05) is 0 Å². The second-order valence-corrected chi connectivity index (χ2v) is 14.7. The zero-order valence-electron chi connectivity index (χ0n) is 28.1. The lowest BCUT2D eigenvalue weighted by molar-refractivity contribution is -0.268. The van der Waals surface area contributed by atoms with E-state index in [0.717, 1.165) is 20.8 Å². The van der Waals surface area contributed by atoms with Crippen LogP contribution in [0.2, 0.25) is 0 Å². The summed E-state index contributed by atoms with van der Waals surface area (Å²) in [5.74, 6) is -7.49. The number of benzene rings is 1. The summed E-state index contributed by atoms with van der Waals surface area (Å²) in [6.45, 7) is 11.6. The van der Waals surface area contributed by atoms with Crippen molar-refractivity contribution in [1.29, 1.82) is 0 Å². The van der Waals surface area contributed by atoms with Gasteiger partial charge in [-0.25, -0.2) is 4.79 Å². The first kappa shape index (κ1) is 34.5. The van der Waals surface area contributed by atoms with Gasteiger partial charge in [-0.05, 0) is 36.8 Å². The van der Waals surface area contributed by atoms with Crippen molar-refractivity contribution in [2.24, 2.45) is 34.5 Å². The second-order valence-electron chi connectivity index (χ2n) is 14.7. The number of ketones is 1. The quantitative estimate of drug-likeness (QED) is 0.351. The van der Waals surface area contributed by atoms with Crippen molar-refractivity contribution in [2.75, 3.05) is 0 Å². The fraction of sp³-hybridized carbons (Fsp3) is 0.657. The Balaban J connectivity index is 1.85. The maximum atomic E-state index is 14.1. The largest absolute Gasteiger partial charge is 0.459 e. The highest BCUT2D eigenvalue weighted by Crippen LogP contribution is 2.69. The molecule has 0 spiro atoms. The number of rotatable bonds is 6. The Morgan fingerprint density at radius 1 is 0.766 bits per heavy atom. The molecule has 1 N–H and O–H groups in total. The SMILES string of the molecule is CC(=O)O[C@@H]1[C@H]2[C@@H](OC(=O)c3ccccc3)[C@@H](C)C[C@]2(O)[C@H](OC(C)=O)[C@]2(C)[C@H]3CC(C)(C)C(=O)[C@@H]3C[C@@]1(OC(C)=O)[C@@H]2OC(C)=O. The summed E-state index contributed by atoms with van der Waals surface area (Å²) in [4.78, 5) is 79.6.